The molecule has 0 heterocycles. The summed E-state index contributed by atoms with van der Waals surface area (Å²) >= 11 is 0.694. The van der Waals surface area contributed by atoms with Crippen molar-refractivity contribution < 1.29 is 20.9 Å². The van der Waals surface area contributed by atoms with Crippen LogP contribution in [0.1, 0.15) is 20.8 Å². The predicted octanol–water partition coefficient (Wildman–Crippen LogP) is 1.92. The molecule has 0 unspecified atom stereocenters. The molecule has 0 spiro atoms. The summed E-state index contributed by atoms with van der Waals surface area (Å²) in [5, 5.41) is 0. The van der Waals surface area contributed by atoms with Gasteiger partial charge in [0.15, 0.2) is 0 Å². The molecule has 0 atom stereocenters. The zero-order valence-corrected chi connectivity index (χ0v) is 7.66. The molecule has 0 fully saturated rings. The van der Waals surface area contributed by atoms with E-state index in [1.165, 1.54) is 5.92 Å². The van der Waals surface area contributed by atoms with Crippen LogP contribution in [0.2, 0.25) is 0 Å². The predicted molar refractivity (Wildman–Crippen MR) is 23.0 cm³/mol. The third kappa shape index (κ3) is 195. The molecule has 0 saturated heterocycles. The van der Waals surface area contributed by atoms with Gasteiger partial charge >= 0.3 is 24.6 Å². The van der Waals surface area contributed by atoms with E-state index in [4.69, 9.17) is 3.76 Å². The molecule has 0 bridgehead atoms. The summed E-state index contributed by atoms with van der Waals surface area (Å²) in [7, 11) is 0. The fraction of sp³-hybridized carbons (Fsp3) is 0.750. The number of hydrogen-bond donors (Lipinski definition) is 1. The van der Waals surface area contributed by atoms with Crippen LogP contribution in [0.5, 0.6) is 0 Å². The quantitative estimate of drug-likeness (QED) is 0.638. The fourth-order valence-electron chi connectivity index (χ4n) is 0. The third-order valence-electron chi connectivity index (χ3n) is 0. The second-order valence-electron chi connectivity index (χ2n) is 1.50. The van der Waals surface area contributed by atoms with Crippen molar-refractivity contribution in [2.24, 2.45) is 0 Å². The number of rotatable bonds is 0. The average Bonchev–Trinajstić information content (AvgIpc) is 1.41. The van der Waals surface area contributed by atoms with Gasteiger partial charge in [-0.15, -0.1) is 0 Å². The Morgan fingerprint density at radius 3 is 1.17 bits per heavy atom. The van der Waals surface area contributed by atoms with Crippen LogP contribution in [0.3, 0.4) is 0 Å². The van der Waals surface area contributed by atoms with Crippen LogP contribution in [0.4, 0.5) is 0 Å². The molecule has 0 aromatic rings. The first-order chi connectivity index (χ1) is 2.73. The van der Waals surface area contributed by atoms with Gasteiger partial charge in [0.2, 0.25) is 0 Å². The van der Waals surface area contributed by atoms with Crippen LogP contribution < -0.4 is 0 Å². The van der Waals surface area contributed by atoms with Crippen molar-refractivity contribution in [1.29, 1.82) is 3.76 Å². The minimum atomic E-state index is 0.694. The van der Waals surface area contributed by atoms with E-state index < -0.39 is 0 Å². The molecule has 0 radical (unpaired) electrons. The van der Waals surface area contributed by atoms with Gasteiger partial charge in [-0.05, 0) is 0 Å². The SMILES string of the molecule is C[C-](C)C.[NH]=[Ta]. The van der Waals surface area contributed by atoms with Crippen LogP contribution in [-0.2, 0) is 20.9 Å². The molecule has 37 valence electrons. The van der Waals surface area contributed by atoms with E-state index in [9.17, 15) is 0 Å². The summed E-state index contributed by atoms with van der Waals surface area (Å²) in [6, 6.07) is 0. The summed E-state index contributed by atoms with van der Waals surface area (Å²) in [6.07, 6.45) is 0. The molecule has 6 heavy (non-hydrogen) atoms. The van der Waals surface area contributed by atoms with Gasteiger partial charge in [-0.2, -0.15) is 20.8 Å². The Morgan fingerprint density at radius 2 is 1.17 bits per heavy atom. The van der Waals surface area contributed by atoms with Crippen molar-refractivity contribution in [3.8, 4) is 0 Å². The normalized spacial score (nSPS) is 6.50. The zero-order valence-electron chi connectivity index (χ0n) is 4.45. The Balaban J connectivity index is 0. The zero-order chi connectivity index (χ0) is 5.58. The topological polar surface area (TPSA) is 23.9 Å². The van der Waals surface area contributed by atoms with Crippen LogP contribution >= 0.6 is 0 Å². The van der Waals surface area contributed by atoms with E-state index >= 15 is 0 Å². The Bertz CT molecular complexity index is 18.8. The van der Waals surface area contributed by atoms with Gasteiger partial charge in [-0.3, -0.25) is 0 Å². The van der Waals surface area contributed by atoms with Crippen molar-refractivity contribution in [1.82, 2.24) is 0 Å². The first kappa shape index (κ1) is 9.74. The van der Waals surface area contributed by atoms with Crippen molar-refractivity contribution in [3.63, 3.8) is 0 Å². The summed E-state index contributed by atoms with van der Waals surface area (Å²) in [5.74, 6) is 1.42. The van der Waals surface area contributed by atoms with E-state index in [0.29, 0.717) is 20.9 Å². The van der Waals surface area contributed by atoms with E-state index in [-0.39, 0.29) is 0 Å². The molecule has 1 nitrogen and oxygen atoms in total. The molecule has 0 rings (SSSR count). The van der Waals surface area contributed by atoms with E-state index in [2.05, 4.69) is 20.8 Å². The van der Waals surface area contributed by atoms with Gasteiger partial charge in [-0.1, -0.05) is 0 Å². The molecule has 1 N–H and O–H groups in total. The summed E-state index contributed by atoms with van der Waals surface area (Å²) in [6.45, 7) is 6.25. The monoisotopic (exact) mass is 253 g/mol. The standard InChI is InChI=1S/C4H9.HN.Ta/c1-4(2)3;;/h1-3H3;1H;/q-1;;. The first-order valence-corrected chi connectivity index (χ1v) is 3.33. The molecule has 0 aromatic carbocycles. The van der Waals surface area contributed by atoms with Gasteiger partial charge in [0.05, 0.1) is 0 Å². The van der Waals surface area contributed by atoms with Gasteiger partial charge < -0.3 is 5.92 Å². The molecule has 0 amide bonds. The van der Waals surface area contributed by atoms with Crippen molar-refractivity contribution >= 4 is 0 Å². The Kier molecular flexibility index (Phi) is 14.8. The molecular formula is C4H10NTa-. The van der Waals surface area contributed by atoms with Crippen molar-refractivity contribution in [3.05, 3.63) is 5.92 Å². The number of nitrogens with one attached hydrogen (secondary N) is 1. The van der Waals surface area contributed by atoms with Crippen LogP contribution in [0, 0.1) is 9.67 Å². The summed E-state index contributed by atoms with van der Waals surface area (Å²) in [4.78, 5) is 0. The van der Waals surface area contributed by atoms with Gasteiger partial charge in [0.25, 0.3) is 0 Å². The van der Waals surface area contributed by atoms with Gasteiger partial charge in [0.1, 0.15) is 0 Å². The Hall–Kier alpha value is 0.540. The second-order valence-corrected chi connectivity index (χ2v) is 1.50. The van der Waals surface area contributed by atoms with Crippen LogP contribution in [0.25, 0.3) is 0 Å². The maximum atomic E-state index is 5.86. The third-order valence-corrected chi connectivity index (χ3v) is 0. The maximum absolute atomic E-state index is 5.86. The average molecular weight is 253 g/mol. The molecule has 0 aromatic heterocycles. The molecule has 0 aliphatic carbocycles. The molecule has 2 heteroatoms. The summed E-state index contributed by atoms with van der Waals surface area (Å²) in [5.41, 5.74) is 0. The van der Waals surface area contributed by atoms with Gasteiger partial charge in [0, 0.05) is 0 Å². The van der Waals surface area contributed by atoms with E-state index in [1.807, 2.05) is 0 Å². The van der Waals surface area contributed by atoms with E-state index in [1.54, 1.807) is 0 Å². The van der Waals surface area contributed by atoms with Crippen LogP contribution in [-0.4, -0.2) is 0 Å². The number of hydrogen-bond acceptors (Lipinski definition) is 1. The van der Waals surface area contributed by atoms with Crippen LogP contribution in [0.15, 0.2) is 0 Å². The molecule has 0 aliphatic heterocycles. The van der Waals surface area contributed by atoms with Crippen molar-refractivity contribution in [2.45, 2.75) is 20.8 Å². The second kappa shape index (κ2) is 9.11. The van der Waals surface area contributed by atoms with E-state index in [0.717, 1.165) is 0 Å². The molecule has 0 saturated carbocycles. The fourth-order valence-corrected chi connectivity index (χ4v) is 0. The summed E-state index contributed by atoms with van der Waals surface area (Å²) < 4.78 is 5.86. The molecular weight excluding hydrogens is 243 g/mol. The first-order valence-electron chi connectivity index (χ1n) is 1.72. The van der Waals surface area contributed by atoms with Gasteiger partial charge in [-0.25, -0.2) is 0 Å². The molecule has 0 aliphatic rings. The van der Waals surface area contributed by atoms with Crippen molar-refractivity contribution in [2.75, 3.05) is 0 Å². The Morgan fingerprint density at radius 1 is 1.17 bits per heavy atom. The Labute approximate surface area is 51.7 Å². The minimum absolute atomic E-state index is 0.694.